The Morgan fingerprint density at radius 3 is 1.86 bits per heavy atom. The minimum Gasteiger partial charge on any atom is -0.369 e. The Hall–Kier alpha value is -2.42. The van der Waals surface area contributed by atoms with Crippen LogP contribution in [0.4, 0.5) is 30.7 Å². The largest absolute Gasteiger partial charge is 0.430 e. The van der Waals surface area contributed by atoms with Gasteiger partial charge in [0.05, 0.1) is 0 Å². The van der Waals surface area contributed by atoms with E-state index in [0.29, 0.717) is 17.9 Å². The van der Waals surface area contributed by atoms with E-state index in [1.807, 2.05) is 0 Å². The standard InChI is InChI=1S/C19H15F7O2/c1-10(2)15-7-11(9-27)3-5-13(15)14-6-4-12(8-16(14)20)17(28,18(21,22)23)19(24,25)26/h3-10,28H,1-2H3. The van der Waals surface area contributed by atoms with Crippen molar-refractivity contribution in [2.75, 3.05) is 0 Å². The number of carbonyl (C=O) groups excluding carboxylic acids is 1. The lowest BCUT2D eigenvalue weighted by atomic mass is 9.87. The molecule has 2 aromatic carbocycles. The summed E-state index contributed by atoms with van der Waals surface area (Å²) in [7, 11) is 0. The summed E-state index contributed by atoms with van der Waals surface area (Å²) in [4.78, 5) is 10.9. The molecule has 2 aromatic rings. The zero-order valence-electron chi connectivity index (χ0n) is 14.6. The molecule has 0 heterocycles. The Morgan fingerprint density at radius 1 is 0.893 bits per heavy atom. The second-order valence-electron chi connectivity index (χ2n) is 6.52. The number of rotatable bonds is 4. The molecule has 0 aromatic heterocycles. The summed E-state index contributed by atoms with van der Waals surface area (Å²) in [5.41, 5.74) is -6.15. The number of aliphatic hydroxyl groups is 1. The monoisotopic (exact) mass is 408 g/mol. The molecule has 0 saturated carbocycles. The second kappa shape index (κ2) is 7.20. The maximum atomic E-state index is 14.6. The molecule has 0 unspecified atom stereocenters. The number of aldehydes is 1. The highest BCUT2D eigenvalue weighted by Gasteiger charge is 2.71. The van der Waals surface area contributed by atoms with Gasteiger partial charge in [-0.05, 0) is 29.2 Å². The van der Waals surface area contributed by atoms with E-state index in [4.69, 9.17) is 0 Å². The van der Waals surface area contributed by atoms with Crippen LogP contribution in [0.1, 0.15) is 41.3 Å². The van der Waals surface area contributed by atoms with Gasteiger partial charge in [0.2, 0.25) is 0 Å². The van der Waals surface area contributed by atoms with E-state index in [-0.39, 0.29) is 28.7 Å². The van der Waals surface area contributed by atoms with Crippen LogP contribution in [0.3, 0.4) is 0 Å². The summed E-state index contributed by atoms with van der Waals surface area (Å²) in [6.45, 7) is 3.46. The molecule has 9 heteroatoms. The molecule has 0 aliphatic heterocycles. The highest BCUT2D eigenvalue weighted by Crippen LogP contribution is 2.50. The van der Waals surface area contributed by atoms with E-state index >= 15 is 0 Å². The van der Waals surface area contributed by atoms with Gasteiger partial charge in [0.15, 0.2) is 0 Å². The maximum Gasteiger partial charge on any atom is 0.430 e. The van der Waals surface area contributed by atoms with Crippen molar-refractivity contribution in [2.24, 2.45) is 0 Å². The van der Waals surface area contributed by atoms with Crippen molar-refractivity contribution < 1.29 is 40.6 Å². The van der Waals surface area contributed by atoms with Crippen LogP contribution in [0.5, 0.6) is 0 Å². The Labute approximate surface area is 155 Å². The van der Waals surface area contributed by atoms with E-state index in [9.17, 15) is 40.6 Å². The molecule has 2 nitrogen and oxygen atoms in total. The number of hydrogen-bond acceptors (Lipinski definition) is 2. The lowest BCUT2D eigenvalue weighted by Gasteiger charge is -2.32. The fraction of sp³-hybridized carbons (Fsp3) is 0.316. The maximum absolute atomic E-state index is 14.6. The van der Waals surface area contributed by atoms with E-state index in [1.54, 1.807) is 13.8 Å². The summed E-state index contributed by atoms with van der Waals surface area (Å²) in [6.07, 6.45) is -11.6. The lowest BCUT2D eigenvalue weighted by molar-refractivity contribution is -0.376. The molecule has 1 N–H and O–H groups in total. The normalized spacial score (nSPS) is 13.1. The lowest BCUT2D eigenvalue weighted by Crippen LogP contribution is -2.53. The van der Waals surface area contributed by atoms with Gasteiger partial charge >= 0.3 is 12.4 Å². The molecular formula is C19H15F7O2. The molecular weight excluding hydrogens is 393 g/mol. The zero-order valence-corrected chi connectivity index (χ0v) is 14.6. The van der Waals surface area contributed by atoms with Crippen molar-refractivity contribution in [3.63, 3.8) is 0 Å². The molecule has 0 spiro atoms. The van der Waals surface area contributed by atoms with Gasteiger partial charge < -0.3 is 5.11 Å². The van der Waals surface area contributed by atoms with Gasteiger partial charge in [0.25, 0.3) is 5.60 Å². The average Bonchev–Trinajstić information content (AvgIpc) is 2.58. The zero-order chi connectivity index (χ0) is 21.5. The number of hydrogen-bond donors (Lipinski definition) is 1. The van der Waals surface area contributed by atoms with Crippen LogP contribution >= 0.6 is 0 Å². The van der Waals surface area contributed by atoms with Crippen LogP contribution < -0.4 is 0 Å². The minimum absolute atomic E-state index is 0.0219. The number of benzene rings is 2. The van der Waals surface area contributed by atoms with Crippen molar-refractivity contribution >= 4 is 6.29 Å². The molecule has 0 amide bonds. The Kier molecular flexibility index (Phi) is 5.62. The summed E-state index contributed by atoms with van der Waals surface area (Å²) in [6, 6.07) is 5.32. The van der Waals surface area contributed by atoms with Gasteiger partial charge in [-0.3, -0.25) is 4.79 Å². The molecule has 0 aliphatic rings. The predicted octanol–water partition coefficient (Wildman–Crippen LogP) is 5.74. The number of carbonyl (C=O) groups is 1. The second-order valence-corrected chi connectivity index (χ2v) is 6.52. The molecule has 28 heavy (non-hydrogen) atoms. The number of halogens is 7. The number of alkyl halides is 6. The average molecular weight is 408 g/mol. The van der Waals surface area contributed by atoms with E-state index in [2.05, 4.69) is 0 Å². The van der Waals surface area contributed by atoms with Gasteiger partial charge in [-0.25, -0.2) is 4.39 Å². The molecule has 0 radical (unpaired) electrons. The van der Waals surface area contributed by atoms with Crippen LogP contribution in [0.15, 0.2) is 36.4 Å². The quantitative estimate of drug-likeness (QED) is 0.517. The van der Waals surface area contributed by atoms with Crippen LogP contribution in [-0.2, 0) is 5.60 Å². The molecule has 0 saturated heterocycles. The van der Waals surface area contributed by atoms with E-state index in [1.165, 1.54) is 18.2 Å². The topological polar surface area (TPSA) is 37.3 Å². The first kappa shape index (κ1) is 21.9. The third-order valence-electron chi connectivity index (χ3n) is 4.33. The summed E-state index contributed by atoms with van der Waals surface area (Å²) in [5.74, 6) is -1.58. The van der Waals surface area contributed by atoms with Gasteiger partial charge in [0.1, 0.15) is 12.1 Å². The molecule has 2 rings (SSSR count). The first-order chi connectivity index (χ1) is 12.7. The first-order valence-electron chi connectivity index (χ1n) is 7.99. The molecule has 0 atom stereocenters. The Balaban J connectivity index is 2.68. The van der Waals surface area contributed by atoms with Crippen molar-refractivity contribution in [1.82, 2.24) is 0 Å². The van der Waals surface area contributed by atoms with Crippen molar-refractivity contribution in [2.45, 2.75) is 37.7 Å². The smallest absolute Gasteiger partial charge is 0.369 e. The van der Waals surface area contributed by atoms with Gasteiger partial charge in [-0.1, -0.05) is 38.1 Å². The first-order valence-corrected chi connectivity index (χ1v) is 7.99. The van der Waals surface area contributed by atoms with E-state index < -0.39 is 29.3 Å². The van der Waals surface area contributed by atoms with Crippen molar-refractivity contribution in [3.8, 4) is 11.1 Å². The fourth-order valence-corrected chi connectivity index (χ4v) is 2.82. The SMILES string of the molecule is CC(C)c1cc(C=O)ccc1-c1ccc(C(O)(C(F)(F)F)C(F)(F)F)cc1F. The van der Waals surface area contributed by atoms with Gasteiger partial charge in [-0.2, -0.15) is 26.3 Å². The summed E-state index contributed by atoms with van der Waals surface area (Å²) < 4.78 is 92.4. The van der Waals surface area contributed by atoms with E-state index in [0.717, 1.165) is 6.07 Å². The predicted molar refractivity (Wildman–Crippen MR) is 87.3 cm³/mol. The molecule has 0 bridgehead atoms. The fourth-order valence-electron chi connectivity index (χ4n) is 2.82. The van der Waals surface area contributed by atoms with Crippen LogP contribution in [0, 0.1) is 5.82 Å². The van der Waals surface area contributed by atoms with Gasteiger partial charge in [0, 0.05) is 16.7 Å². The van der Waals surface area contributed by atoms with Crippen molar-refractivity contribution in [1.29, 1.82) is 0 Å². The highest BCUT2D eigenvalue weighted by atomic mass is 19.4. The Morgan fingerprint density at radius 2 is 1.43 bits per heavy atom. The summed E-state index contributed by atoms with van der Waals surface area (Å²) >= 11 is 0. The highest BCUT2D eigenvalue weighted by molar-refractivity contribution is 5.79. The van der Waals surface area contributed by atoms with Gasteiger partial charge in [-0.15, -0.1) is 0 Å². The van der Waals surface area contributed by atoms with Crippen LogP contribution in [0.25, 0.3) is 11.1 Å². The minimum atomic E-state index is -6.10. The van der Waals surface area contributed by atoms with Crippen molar-refractivity contribution in [3.05, 3.63) is 58.9 Å². The van der Waals surface area contributed by atoms with Crippen LogP contribution in [0.2, 0.25) is 0 Å². The molecule has 0 fully saturated rings. The van der Waals surface area contributed by atoms with Crippen LogP contribution in [-0.4, -0.2) is 23.7 Å². The molecule has 0 aliphatic carbocycles. The third-order valence-corrected chi connectivity index (χ3v) is 4.33. The third kappa shape index (κ3) is 3.63. The molecule has 152 valence electrons. The summed E-state index contributed by atoms with van der Waals surface area (Å²) in [5, 5.41) is 9.40. The Bertz CT molecular complexity index is 869.